The molecule has 0 N–H and O–H groups in total. The first-order valence-corrected chi connectivity index (χ1v) is 26.1. The third-order valence-corrected chi connectivity index (χ3v) is 16.2. The van der Waals surface area contributed by atoms with Gasteiger partial charge in [0.05, 0.1) is 11.0 Å². The molecule has 12 aromatic carbocycles. The number of hydrogen-bond donors (Lipinski definition) is 0. The van der Waals surface area contributed by atoms with Crippen molar-refractivity contribution < 1.29 is 0 Å². The highest BCUT2D eigenvalue weighted by Crippen LogP contribution is 2.48. The molecule has 0 saturated heterocycles. The van der Waals surface area contributed by atoms with Crippen LogP contribution >= 0.6 is 0 Å². The zero-order valence-electron chi connectivity index (χ0n) is 41.0. The van der Waals surface area contributed by atoms with Gasteiger partial charge < -0.3 is 9.05 Å². The summed E-state index contributed by atoms with van der Waals surface area (Å²) in [5, 5.41) is 5.04. The van der Waals surface area contributed by atoms with Gasteiger partial charge in [0.25, 0.3) is 0 Å². The second-order valence-corrected chi connectivity index (χ2v) is 20.4. The smallest absolute Gasteiger partial charge is 0.333 e. The third kappa shape index (κ3) is 6.48. The van der Waals surface area contributed by atoms with Crippen LogP contribution in [0.3, 0.4) is 0 Å². The van der Waals surface area contributed by atoms with Crippen molar-refractivity contribution >= 4 is 61.4 Å². The van der Waals surface area contributed by atoms with Crippen molar-refractivity contribution in [2.45, 2.75) is 0 Å². The molecular weight excluding hydrogens is 904 g/mol. The lowest BCUT2D eigenvalue weighted by atomic mass is 9.45. The summed E-state index contributed by atoms with van der Waals surface area (Å²) in [6, 6.07) is 102. The second kappa shape index (κ2) is 16.4. The van der Waals surface area contributed by atoms with E-state index in [0.29, 0.717) is 0 Å². The molecule has 2 aliphatic heterocycles. The topological polar surface area (TPSA) is 9.86 Å². The van der Waals surface area contributed by atoms with Crippen LogP contribution in [0.25, 0.3) is 138 Å². The van der Waals surface area contributed by atoms with Crippen LogP contribution in [0.1, 0.15) is 0 Å². The largest absolute Gasteiger partial charge is 0.375 e. The number of nitrogens with zero attached hydrogens (tertiary/aromatic N) is 2. The Morgan fingerprint density at radius 1 is 0.240 bits per heavy atom. The summed E-state index contributed by atoms with van der Waals surface area (Å²) in [6.45, 7) is -0.131. The van der Waals surface area contributed by atoms with Crippen molar-refractivity contribution in [1.82, 2.24) is 9.05 Å². The van der Waals surface area contributed by atoms with E-state index >= 15 is 0 Å². The van der Waals surface area contributed by atoms with E-state index in [1.54, 1.807) is 0 Å². The monoisotopic (exact) mass is 948 g/mol. The van der Waals surface area contributed by atoms with Crippen LogP contribution in [-0.2, 0) is 0 Å². The van der Waals surface area contributed by atoms with Crippen LogP contribution < -0.4 is 10.9 Å². The van der Waals surface area contributed by atoms with Crippen molar-refractivity contribution in [1.29, 1.82) is 0 Å². The highest BCUT2D eigenvalue weighted by Gasteiger charge is 2.42. The minimum Gasteiger partial charge on any atom is -0.375 e. The molecule has 4 heterocycles. The summed E-state index contributed by atoms with van der Waals surface area (Å²) in [5.41, 5.74) is 28.2. The maximum absolute atomic E-state index is 2.72. The average Bonchev–Trinajstić information content (AvgIpc) is 4.10. The number of fused-ring (bicyclic) bond motifs is 10. The van der Waals surface area contributed by atoms with Crippen LogP contribution in [0.4, 0.5) is 0 Å². The highest BCUT2D eigenvalue weighted by molar-refractivity contribution is 6.90. The van der Waals surface area contributed by atoms with Crippen molar-refractivity contribution in [2.75, 3.05) is 0 Å². The molecular formula is C72H45BN2. The lowest BCUT2D eigenvalue weighted by Gasteiger charge is -2.35. The van der Waals surface area contributed by atoms with E-state index in [4.69, 9.17) is 0 Å². The number of benzene rings is 12. The van der Waals surface area contributed by atoms with E-state index < -0.39 is 0 Å². The van der Waals surface area contributed by atoms with Crippen LogP contribution in [0.2, 0.25) is 0 Å². The van der Waals surface area contributed by atoms with E-state index in [1.165, 1.54) is 149 Å². The van der Waals surface area contributed by atoms with Gasteiger partial charge in [0.2, 0.25) is 0 Å². The molecule has 0 amide bonds. The van der Waals surface area contributed by atoms with Gasteiger partial charge in [-0.1, -0.05) is 200 Å². The molecule has 14 aromatic rings. The highest BCUT2D eigenvalue weighted by atomic mass is 15.0. The first-order valence-electron chi connectivity index (χ1n) is 26.1. The first-order chi connectivity index (χ1) is 37.2. The fraction of sp³-hybridized carbons (Fsp3) is 0. The van der Waals surface area contributed by atoms with Gasteiger partial charge in [-0.2, -0.15) is 0 Å². The van der Waals surface area contributed by atoms with Crippen LogP contribution in [0.15, 0.2) is 273 Å². The van der Waals surface area contributed by atoms with Gasteiger partial charge >= 0.3 is 6.85 Å². The Morgan fingerprint density at radius 2 is 0.600 bits per heavy atom. The fourth-order valence-electron chi connectivity index (χ4n) is 12.8. The molecule has 0 aliphatic carbocycles. The maximum atomic E-state index is 2.72. The van der Waals surface area contributed by atoms with Gasteiger partial charge in [-0.3, -0.25) is 0 Å². The minimum atomic E-state index is -0.131. The molecule has 0 fully saturated rings. The molecule has 0 saturated carbocycles. The summed E-state index contributed by atoms with van der Waals surface area (Å²) in [7, 11) is 0. The van der Waals surface area contributed by atoms with Crippen LogP contribution in [0.5, 0.6) is 0 Å². The predicted molar refractivity (Wildman–Crippen MR) is 318 cm³/mol. The first kappa shape index (κ1) is 41.9. The SMILES string of the molecule is c1ccc(-c2cc(-c3ccccc3)cc(-c3cc4c5c(c3)-n3c6ccc(-c7ccccc7)cc6c6cc(-c7ccccc7)cc(c63)B5n3c5ccc(-c6ccccc6)cc5c5cc(-c6ccccc6)cc-4c53)c2)cc1. The Kier molecular flexibility index (Phi) is 9.16. The van der Waals surface area contributed by atoms with Gasteiger partial charge in [0.1, 0.15) is 0 Å². The predicted octanol–water partition coefficient (Wildman–Crippen LogP) is 17.5. The quantitative estimate of drug-likeness (QED) is 0.141. The van der Waals surface area contributed by atoms with E-state index in [9.17, 15) is 0 Å². The van der Waals surface area contributed by atoms with Gasteiger partial charge in [-0.25, -0.2) is 0 Å². The summed E-state index contributed by atoms with van der Waals surface area (Å²) >= 11 is 0. The van der Waals surface area contributed by atoms with Crippen molar-refractivity contribution in [3.8, 4) is 94.7 Å². The number of aromatic nitrogens is 2. The average molecular weight is 949 g/mol. The van der Waals surface area contributed by atoms with E-state index in [-0.39, 0.29) is 6.85 Å². The standard InChI is InChI=1S/C72H45BN2/c1-7-19-46(20-8-1)52-31-33-67-60(38-52)64-43-58(51-29-17-6-18-30-51)44-66-72(64)74(67)69-45-59(56-36-54(48-23-11-3-12-24-48)35-55(37-56)49-25-13-4-14-26-49)40-62-65-42-57(50-27-15-5-16-28-50)41-63-61-39-53(47-21-9-2-10-22-47)32-34-68(61)75(71(63)65)73(66)70(62)69/h1-45H. The molecule has 0 atom stereocenters. The lowest BCUT2D eigenvalue weighted by Crippen LogP contribution is -2.55. The van der Waals surface area contributed by atoms with Gasteiger partial charge in [0, 0.05) is 43.8 Å². The van der Waals surface area contributed by atoms with Crippen molar-refractivity contribution in [3.63, 3.8) is 0 Å². The van der Waals surface area contributed by atoms with E-state index in [1.807, 2.05) is 0 Å². The molecule has 346 valence electrons. The second-order valence-electron chi connectivity index (χ2n) is 20.4. The lowest BCUT2D eigenvalue weighted by molar-refractivity contribution is 1.18. The number of rotatable bonds is 7. The summed E-state index contributed by atoms with van der Waals surface area (Å²) in [5.74, 6) is 0. The fourth-order valence-corrected chi connectivity index (χ4v) is 12.8. The Bertz CT molecular complexity index is 4540. The zero-order valence-corrected chi connectivity index (χ0v) is 41.0. The summed E-state index contributed by atoms with van der Waals surface area (Å²) in [4.78, 5) is 0. The molecule has 2 aromatic heterocycles. The van der Waals surface area contributed by atoms with Crippen LogP contribution in [-0.4, -0.2) is 15.9 Å². The molecule has 75 heavy (non-hydrogen) atoms. The van der Waals surface area contributed by atoms with Gasteiger partial charge in [-0.05, 0) is 167 Å². The molecule has 2 aliphatic rings. The third-order valence-electron chi connectivity index (χ3n) is 16.2. The van der Waals surface area contributed by atoms with Crippen LogP contribution in [0, 0.1) is 0 Å². The molecule has 0 radical (unpaired) electrons. The molecule has 0 spiro atoms. The van der Waals surface area contributed by atoms with E-state index in [2.05, 4.69) is 282 Å². The molecule has 0 unspecified atom stereocenters. The Balaban J connectivity index is 1.08. The summed E-state index contributed by atoms with van der Waals surface area (Å²) < 4.78 is 5.35. The summed E-state index contributed by atoms with van der Waals surface area (Å²) in [6.07, 6.45) is 0. The zero-order chi connectivity index (χ0) is 49.1. The van der Waals surface area contributed by atoms with Crippen molar-refractivity contribution in [3.05, 3.63) is 273 Å². The maximum Gasteiger partial charge on any atom is 0.333 e. The Morgan fingerprint density at radius 3 is 1.09 bits per heavy atom. The molecule has 3 heteroatoms. The Hall–Kier alpha value is -9.70. The number of hydrogen-bond acceptors (Lipinski definition) is 0. The van der Waals surface area contributed by atoms with Gasteiger partial charge in [-0.15, -0.1) is 0 Å². The van der Waals surface area contributed by atoms with Gasteiger partial charge in [0.15, 0.2) is 0 Å². The van der Waals surface area contributed by atoms with Crippen molar-refractivity contribution in [2.24, 2.45) is 0 Å². The molecule has 2 nitrogen and oxygen atoms in total. The minimum absolute atomic E-state index is 0.131. The molecule has 0 bridgehead atoms. The normalized spacial score (nSPS) is 12.2. The Labute approximate surface area is 435 Å². The van der Waals surface area contributed by atoms with E-state index in [0.717, 1.165) is 0 Å². The molecule has 16 rings (SSSR count).